The Morgan fingerprint density at radius 1 is 1.26 bits per heavy atom. The van der Waals surface area contributed by atoms with Crippen LogP contribution in [0.2, 0.25) is 0 Å². The van der Waals surface area contributed by atoms with Gasteiger partial charge in [0, 0.05) is 13.1 Å². The number of ether oxygens (including phenoxy) is 1. The summed E-state index contributed by atoms with van der Waals surface area (Å²) in [5.41, 5.74) is 2.20. The van der Waals surface area contributed by atoms with Gasteiger partial charge < -0.3 is 15.4 Å². The van der Waals surface area contributed by atoms with Crippen LogP contribution in [-0.4, -0.2) is 25.2 Å². The second kappa shape index (κ2) is 8.13. The van der Waals surface area contributed by atoms with Crippen molar-refractivity contribution >= 4 is 12.0 Å². The zero-order chi connectivity index (χ0) is 14.1. The molecule has 0 atom stereocenters. The number of esters is 1. The van der Waals surface area contributed by atoms with E-state index in [1.165, 1.54) is 0 Å². The first-order valence-corrected chi connectivity index (χ1v) is 6.34. The van der Waals surface area contributed by atoms with E-state index in [0.29, 0.717) is 13.2 Å². The first-order valence-electron chi connectivity index (χ1n) is 6.34. The first kappa shape index (κ1) is 15.0. The maximum Gasteiger partial charge on any atom is 0.315 e. The minimum absolute atomic E-state index is 0.186. The highest BCUT2D eigenvalue weighted by molar-refractivity contribution is 5.75. The van der Waals surface area contributed by atoms with Gasteiger partial charge in [0.25, 0.3) is 0 Å². The van der Waals surface area contributed by atoms with Crippen molar-refractivity contribution in [3.63, 3.8) is 0 Å². The zero-order valence-electron chi connectivity index (χ0n) is 11.4. The summed E-state index contributed by atoms with van der Waals surface area (Å²) in [6.45, 7) is 4.85. The number of amides is 2. The number of benzene rings is 1. The molecule has 0 spiro atoms. The Labute approximate surface area is 113 Å². The largest absolute Gasteiger partial charge is 0.466 e. The lowest BCUT2D eigenvalue weighted by molar-refractivity contribution is -0.142. The fourth-order valence-corrected chi connectivity index (χ4v) is 1.58. The fourth-order valence-electron chi connectivity index (χ4n) is 1.58. The second-order valence-electron chi connectivity index (χ2n) is 4.15. The second-order valence-corrected chi connectivity index (χ2v) is 4.15. The SMILES string of the molecule is CCOC(=O)CCNC(=O)NCc1cccc(C)c1. The molecule has 0 saturated carbocycles. The molecule has 0 aliphatic heterocycles. The van der Waals surface area contributed by atoms with Crippen LogP contribution in [0.3, 0.4) is 0 Å². The third-order valence-electron chi connectivity index (χ3n) is 2.46. The number of rotatable bonds is 6. The van der Waals surface area contributed by atoms with Crippen molar-refractivity contribution in [2.45, 2.75) is 26.8 Å². The fraction of sp³-hybridized carbons (Fsp3) is 0.429. The van der Waals surface area contributed by atoms with Crippen LogP contribution in [0.4, 0.5) is 4.79 Å². The van der Waals surface area contributed by atoms with Crippen molar-refractivity contribution < 1.29 is 14.3 Å². The van der Waals surface area contributed by atoms with E-state index < -0.39 is 0 Å². The molecule has 2 amide bonds. The highest BCUT2D eigenvalue weighted by Crippen LogP contribution is 2.02. The van der Waals surface area contributed by atoms with Crippen molar-refractivity contribution in [1.82, 2.24) is 10.6 Å². The minimum Gasteiger partial charge on any atom is -0.466 e. The lowest BCUT2D eigenvalue weighted by Gasteiger charge is -2.08. The molecule has 2 N–H and O–H groups in total. The third kappa shape index (κ3) is 6.45. The molecule has 1 rings (SSSR count). The molecule has 0 unspecified atom stereocenters. The normalized spacial score (nSPS) is 9.79. The van der Waals surface area contributed by atoms with Crippen LogP contribution in [0.15, 0.2) is 24.3 Å². The average Bonchev–Trinajstić information content (AvgIpc) is 2.37. The number of carbonyl (C=O) groups is 2. The van der Waals surface area contributed by atoms with Crippen LogP contribution < -0.4 is 10.6 Å². The van der Waals surface area contributed by atoms with Crippen molar-refractivity contribution in [1.29, 1.82) is 0 Å². The molecule has 5 nitrogen and oxygen atoms in total. The Bertz CT molecular complexity index is 432. The van der Waals surface area contributed by atoms with Crippen LogP contribution in [0.5, 0.6) is 0 Å². The zero-order valence-corrected chi connectivity index (χ0v) is 11.4. The molecule has 0 heterocycles. The van der Waals surface area contributed by atoms with Gasteiger partial charge >= 0.3 is 12.0 Å². The van der Waals surface area contributed by atoms with Gasteiger partial charge in [0.1, 0.15) is 0 Å². The maximum atomic E-state index is 11.5. The summed E-state index contributed by atoms with van der Waals surface area (Å²) in [4.78, 5) is 22.5. The number of carbonyl (C=O) groups excluding carboxylic acids is 2. The van der Waals surface area contributed by atoms with Crippen LogP contribution in [0.1, 0.15) is 24.5 Å². The van der Waals surface area contributed by atoms with Gasteiger partial charge in [0.15, 0.2) is 0 Å². The van der Waals surface area contributed by atoms with Gasteiger partial charge in [-0.3, -0.25) is 4.79 Å². The summed E-state index contributed by atoms with van der Waals surface area (Å²) in [7, 11) is 0. The lowest BCUT2D eigenvalue weighted by atomic mass is 10.1. The summed E-state index contributed by atoms with van der Waals surface area (Å²) in [6.07, 6.45) is 0.186. The van der Waals surface area contributed by atoms with Gasteiger partial charge in [-0.05, 0) is 19.4 Å². The molecule has 1 aromatic rings. The van der Waals surface area contributed by atoms with Crippen molar-refractivity contribution in [2.24, 2.45) is 0 Å². The van der Waals surface area contributed by atoms with Gasteiger partial charge in [0.2, 0.25) is 0 Å². The first-order chi connectivity index (χ1) is 9.11. The molecule has 19 heavy (non-hydrogen) atoms. The molecule has 5 heteroatoms. The molecule has 0 fully saturated rings. The van der Waals surface area contributed by atoms with Crippen LogP contribution in [0, 0.1) is 6.92 Å². The van der Waals surface area contributed by atoms with Gasteiger partial charge in [-0.25, -0.2) is 4.79 Å². The van der Waals surface area contributed by atoms with E-state index in [-0.39, 0.29) is 25.0 Å². The topological polar surface area (TPSA) is 67.4 Å². The molecule has 0 saturated heterocycles. The maximum absolute atomic E-state index is 11.5. The van der Waals surface area contributed by atoms with Crippen LogP contribution in [-0.2, 0) is 16.1 Å². The van der Waals surface area contributed by atoms with E-state index in [9.17, 15) is 9.59 Å². The molecule has 0 radical (unpaired) electrons. The Kier molecular flexibility index (Phi) is 6.43. The number of hydrogen-bond donors (Lipinski definition) is 2. The molecule has 0 aliphatic carbocycles. The highest BCUT2D eigenvalue weighted by Gasteiger charge is 2.04. The molecule has 0 aliphatic rings. The minimum atomic E-state index is -0.304. The van der Waals surface area contributed by atoms with E-state index in [1.54, 1.807) is 6.92 Å². The number of urea groups is 1. The van der Waals surface area contributed by atoms with Gasteiger partial charge in [-0.2, -0.15) is 0 Å². The standard InChI is InChI=1S/C14H20N2O3/c1-3-19-13(17)7-8-15-14(18)16-10-12-6-4-5-11(2)9-12/h4-6,9H,3,7-8,10H2,1-2H3,(H2,15,16,18). The van der Waals surface area contributed by atoms with Crippen LogP contribution >= 0.6 is 0 Å². The summed E-state index contributed by atoms with van der Waals surface area (Å²) < 4.78 is 4.76. The van der Waals surface area contributed by atoms with Crippen LogP contribution in [0.25, 0.3) is 0 Å². The van der Waals surface area contributed by atoms with E-state index in [4.69, 9.17) is 4.74 Å². The Balaban J connectivity index is 2.19. The molecular formula is C14H20N2O3. The van der Waals surface area contributed by atoms with Gasteiger partial charge in [-0.15, -0.1) is 0 Å². The quantitative estimate of drug-likeness (QED) is 0.769. The Morgan fingerprint density at radius 2 is 2.05 bits per heavy atom. The van der Waals surface area contributed by atoms with Crippen molar-refractivity contribution in [3.8, 4) is 0 Å². The van der Waals surface area contributed by atoms with E-state index in [2.05, 4.69) is 10.6 Å². The van der Waals surface area contributed by atoms with Crippen molar-refractivity contribution in [3.05, 3.63) is 35.4 Å². The van der Waals surface area contributed by atoms with E-state index in [1.807, 2.05) is 31.2 Å². The number of hydrogen-bond acceptors (Lipinski definition) is 3. The number of aryl methyl sites for hydroxylation is 1. The summed E-state index contributed by atoms with van der Waals surface area (Å²) in [5.74, 6) is -0.304. The molecule has 104 valence electrons. The Hall–Kier alpha value is -2.04. The molecule has 0 aromatic heterocycles. The number of nitrogens with one attached hydrogen (secondary N) is 2. The Morgan fingerprint density at radius 3 is 2.74 bits per heavy atom. The predicted molar refractivity (Wildman–Crippen MR) is 72.7 cm³/mol. The lowest BCUT2D eigenvalue weighted by Crippen LogP contribution is -2.36. The van der Waals surface area contributed by atoms with Gasteiger partial charge in [0.05, 0.1) is 13.0 Å². The van der Waals surface area contributed by atoms with E-state index in [0.717, 1.165) is 11.1 Å². The average molecular weight is 264 g/mol. The van der Waals surface area contributed by atoms with Crippen molar-refractivity contribution in [2.75, 3.05) is 13.2 Å². The third-order valence-corrected chi connectivity index (χ3v) is 2.46. The highest BCUT2D eigenvalue weighted by atomic mass is 16.5. The monoisotopic (exact) mass is 264 g/mol. The van der Waals surface area contributed by atoms with E-state index >= 15 is 0 Å². The molecular weight excluding hydrogens is 244 g/mol. The molecule has 1 aromatic carbocycles. The smallest absolute Gasteiger partial charge is 0.315 e. The summed E-state index contributed by atoms with van der Waals surface area (Å²) >= 11 is 0. The summed E-state index contributed by atoms with van der Waals surface area (Å²) in [5, 5.41) is 5.34. The summed E-state index contributed by atoms with van der Waals surface area (Å²) in [6, 6.07) is 7.63. The predicted octanol–water partition coefficient (Wildman–Crippen LogP) is 1.75. The van der Waals surface area contributed by atoms with Gasteiger partial charge in [-0.1, -0.05) is 29.8 Å². The molecule has 0 bridgehead atoms.